The molecule has 0 aliphatic rings. The molecule has 0 saturated carbocycles. The van der Waals surface area contributed by atoms with Crippen LogP contribution in [0.5, 0.6) is 0 Å². The normalized spacial score (nSPS) is 10.8. The number of amides is 4. The van der Waals surface area contributed by atoms with Gasteiger partial charge in [0.05, 0.1) is 22.9 Å². The molecular formula is C36H49Cl3N12O6. The highest BCUT2D eigenvalue weighted by Gasteiger charge is 2.19. The number of nitrogens with zero attached hydrogens (tertiary/aromatic N) is 5. The third-order valence-corrected chi connectivity index (χ3v) is 9.12. The zero-order chi connectivity index (χ0) is 40.9. The maximum Gasteiger partial charge on any atom is 0.328 e. The number of anilines is 4. The van der Waals surface area contributed by atoms with E-state index in [0.29, 0.717) is 72.7 Å². The molecule has 0 aliphatic carbocycles. The lowest BCUT2D eigenvalue weighted by atomic mass is 10.1. The van der Waals surface area contributed by atoms with Crippen LogP contribution in [0.2, 0.25) is 0 Å². The summed E-state index contributed by atoms with van der Waals surface area (Å²) >= 11 is 11.7. The van der Waals surface area contributed by atoms with Crippen LogP contribution in [0.25, 0.3) is 0 Å². The fourth-order valence-corrected chi connectivity index (χ4v) is 6.37. The lowest BCUT2D eigenvalue weighted by molar-refractivity contribution is -0.116. The van der Waals surface area contributed by atoms with Crippen molar-refractivity contribution in [1.29, 1.82) is 5.41 Å². The summed E-state index contributed by atoms with van der Waals surface area (Å²) in [6.45, 7) is 1.45. The molecule has 0 aliphatic heterocycles. The van der Waals surface area contributed by atoms with Gasteiger partial charge in [0, 0.05) is 96.7 Å². The quantitative estimate of drug-likeness (QED) is 0.0283. The summed E-state index contributed by atoms with van der Waals surface area (Å²) in [4.78, 5) is 80.3. The Morgan fingerprint density at radius 2 is 1.23 bits per heavy atom. The van der Waals surface area contributed by atoms with Crippen molar-refractivity contribution in [2.24, 2.45) is 26.9 Å². The second kappa shape index (κ2) is 21.7. The molecule has 18 nitrogen and oxygen atoms in total. The predicted octanol–water partition coefficient (Wildman–Crippen LogP) is 3.41. The fraction of sp³-hybridized carbons (Fsp3) is 0.417. The molecule has 0 bridgehead atoms. The Kier molecular flexibility index (Phi) is 17.5. The standard InChI is InChI=1S/C36H48Cl2N12O6.ClH/c1-46-20-24(17-26(46)32(52)41-12-9-30(39)40)43-34(54)28-18-25(21-48(28)3)44-33(53)27-16-23(19-47(27)2)42-31(51)8-6-4-5-7-13-50-22-29(35(55)45-36(50)56)49(14-10-37)15-11-38;/h16-22H,4-15H2,1-3H3,(H3,39,40)(H,41,52)(H,42,51)(H,43,54)(H,44,53)(H,45,55,56);1H. The number of carbonyl (C=O) groups is 4. The van der Waals surface area contributed by atoms with E-state index in [0.717, 1.165) is 12.8 Å². The molecule has 310 valence electrons. The van der Waals surface area contributed by atoms with Crippen LogP contribution in [0.3, 0.4) is 0 Å². The zero-order valence-electron chi connectivity index (χ0n) is 32.0. The average Bonchev–Trinajstić information content (AvgIpc) is 3.81. The van der Waals surface area contributed by atoms with Gasteiger partial charge in [0.25, 0.3) is 23.3 Å². The molecule has 4 rings (SSSR count). The number of aromatic amines is 1. The van der Waals surface area contributed by atoms with Crippen molar-refractivity contribution in [2.75, 3.05) is 52.2 Å². The van der Waals surface area contributed by atoms with Gasteiger partial charge in [0.2, 0.25) is 5.91 Å². The second-order valence-corrected chi connectivity index (χ2v) is 13.9. The van der Waals surface area contributed by atoms with Crippen molar-refractivity contribution in [3.05, 3.63) is 80.9 Å². The first-order valence-electron chi connectivity index (χ1n) is 17.9. The van der Waals surface area contributed by atoms with E-state index >= 15 is 0 Å². The number of nitrogens with two attached hydrogens (primary N) is 1. The third kappa shape index (κ3) is 13.0. The number of alkyl halides is 2. The maximum absolute atomic E-state index is 13.2. The molecule has 8 N–H and O–H groups in total. The number of carbonyl (C=O) groups excluding carboxylic acids is 4. The van der Waals surface area contributed by atoms with Crippen LogP contribution in [0, 0.1) is 5.41 Å². The molecule has 4 aromatic heterocycles. The first kappa shape index (κ1) is 45.9. The summed E-state index contributed by atoms with van der Waals surface area (Å²) in [5.41, 5.74) is 6.76. The number of amidine groups is 1. The molecule has 0 saturated heterocycles. The van der Waals surface area contributed by atoms with Gasteiger partial charge in [-0.3, -0.25) is 38.9 Å². The first-order chi connectivity index (χ1) is 26.7. The number of unbranched alkanes of at least 4 members (excludes halogenated alkanes) is 3. The van der Waals surface area contributed by atoms with Gasteiger partial charge in [-0.2, -0.15) is 0 Å². The van der Waals surface area contributed by atoms with Gasteiger partial charge in [-0.1, -0.05) is 12.8 Å². The molecule has 0 fully saturated rings. The number of hydrogen-bond donors (Lipinski definition) is 7. The van der Waals surface area contributed by atoms with E-state index in [1.165, 1.54) is 22.9 Å². The van der Waals surface area contributed by atoms with Crippen molar-refractivity contribution in [3.63, 3.8) is 0 Å². The number of aryl methyl sites for hydroxylation is 4. The Hall–Kier alpha value is -5.46. The monoisotopic (exact) mass is 850 g/mol. The number of aromatic nitrogens is 5. The van der Waals surface area contributed by atoms with Crippen LogP contribution >= 0.6 is 35.6 Å². The second-order valence-electron chi connectivity index (χ2n) is 13.2. The van der Waals surface area contributed by atoms with Crippen LogP contribution in [-0.4, -0.2) is 84.1 Å². The van der Waals surface area contributed by atoms with Crippen molar-refractivity contribution < 1.29 is 19.2 Å². The van der Waals surface area contributed by atoms with E-state index in [2.05, 4.69) is 26.3 Å². The molecule has 0 aromatic carbocycles. The molecule has 0 atom stereocenters. The van der Waals surface area contributed by atoms with Crippen LogP contribution in [0.15, 0.2) is 52.6 Å². The van der Waals surface area contributed by atoms with Gasteiger partial charge in [-0.05, 0) is 31.0 Å². The maximum atomic E-state index is 13.2. The van der Waals surface area contributed by atoms with Crippen LogP contribution < -0.4 is 43.1 Å². The van der Waals surface area contributed by atoms with Crippen LogP contribution in [-0.2, 0) is 32.5 Å². The summed E-state index contributed by atoms with van der Waals surface area (Å²) in [5, 5.41) is 18.3. The van der Waals surface area contributed by atoms with Crippen molar-refractivity contribution >= 4 is 87.8 Å². The number of H-pyrrole nitrogens is 1. The van der Waals surface area contributed by atoms with Gasteiger partial charge in [-0.15, -0.1) is 35.6 Å². The predicted molar refractivity (Wildman–Crippen MR) is 225 cm³/mol. The van der Waals surface area contributed by atoms with Crippen molar-refractivity contribution in [3.8, 4) is 0 Å². The van der Waals surface area contributed by atoms with Crippen LogP contribution in [0.1, 0.15) is 70.0 Å². The van der Waals surface area contributed by atoms with Gasteiger partial charge in [0.15, 0.2) is 0 Å². The molecule has 4 aromatic rings. The summed E-state index contributed by atoms with van der Waals surface area (Å²) < 4.78 is 6.17. The largest absolute Gasteiger partial charge is 0.388 e. The fourth-order valence-electron chi connectivity index (χ4n) is 5.96. The van der Waals surface area contributed by atoms with Crippen molar-refractivity contribution in [1.82, 2.24) is 28.6 Å². The Balaban J connectivity index is 0.00000870. The Bertz CT molecular complexity index is 2160. The summed E-state index contributed by atoms with van der Waals surface area (Å²) in [7, 11) is 5.00. The third-order valence-electron chi connectivity index (χ3n) is 8.79. The summed E-state index contributed by atoms with van der Waals surface area (Å²) in [6.07, 6.45) is 9.62. The SMILES string of the molecule is Cl.Cn1cc(NC(=O)c2cc(NC(=O)c3cc(NC(=O)CCCCCCn4cc(N(CCCl)CCCl)c(=O)[nH]c4=O)cn3C)cn2C)cc1C(=O)NCCC(=N)N. The van der Waals surface area contributed by atoms with E-state index in [-0.39, 0.29) is 60.8 Å². The minimum absolute atomic E-state index is 0. The molecular weight excluding hydrogens is 803 g/mol. The van der Waals surface area contributed by atoms with E-state index in [1.807, 2.05) is 0 Å². The number of rotatable bonds is 21. The lowest BCUT2D eigenvalue weighted by Gasteiger charge is -2.22. The molecule has 57 heavy (non-hydrogen) atoms. The molecule has 0 radical (unpaired) electrons. The highest BCUT2D eigenvalue weighted by Crippen LogP contribution is 2.20. The summed E-state index contributed by atoms with van der Waals surface area (Å²) in [6, 6.07) is 4.61. The van der Waals surface area contributed by atoms with Gasteiger partial charge in [-0.25, -0.2) is 4.79 Å². The Labute approximate surface area is 345 Å². The molecule has 21 heteroatoms. The van der Waals surface area contributed by atoms with Gasteiger partial charge in [0.1, 0.15) is 22.8 Å². The smallest absolute Gasteiger partial charge is 0.328 e. The van der Waals surface area contributed by atoms with Gasteiger partial charge < -0.3 is 45.6 Å². The minimum atomic E-state index is -0.492. The van der Waals surface area contributed by atoms with Crippen LogP contribution in [0.4, 0.5) is 22.7 Å². The summed E-state index contributed by atoms with van der Waals surface area (Å²) in [5.74, 6) is -0.925. The number of halogens is 3. The topological polar surface area (TPSA) is 239 Å². The van der Waals surface area contributed by atoms with Crippen molar-refractivity contribution in [2.45, 2.75) is 45.1 Å². The molecule has 0 unspecified atom stereocenters. The zero-order valence-corrected chi connectivity index (χ0v) is 34.3. The lowest BCUT2D eigenvalue weighted by Crippen LogP contribution is -2.38. The highest BCUT2D eigenvalue weighted by molar-refractivity contribution is 6.18. The Morgan fingerprint density at radius 1 is 0.737 bits per heavy atom. The van der Waals surface area contributed by atoms with E-state index in [1.54, 1.807) is 64.4 Å². The first-order valence-corrected chi connectivity index (χ1v) is 19.0. The van der Waals surface area contributed by atoms with Gasteiger partial charge >= 0.3 is 5.69 Å². The number of hydrogen-bond acceptors (Lipinski definition) is 8. The molecule has 0 spiro atoms. The molecule has 4 amide bonds. The minimum Gasteiger partial charge on any atom is -0.388 e. The van der Waals surface area contributed by atoms with E-state index in [4.69, 9.17) is 34.3 Å². The highest BCUT2D eigenvalue weighted by atomic mass is 35.5. The van der Waals surface area contributed by atoms with E-state index in [9.17, 15) is 28.8 Å². The Morgan fingerprint density at radius 3 is 1.74 bits per heavy atom. The average molecular weight is 852 g/mol. The molecule has 4 heterocycles. The number of nitrogens with one attached hydrogen (secondary N) is 6. The van der Waals surface area contributed by atoms with E-state index < -0.39 is 23.1 Å².